The first-order chi connectivity index (χ1) is 16.4. The van der Waals surface area contributed by atoms with Crippen LogP contribution in [0.15, 0.2) is 72.8 Å². The van der Waals surface area contributed by atoms with Gasteiger partial charge in [0.25, 0.3) is 11.8 Å². The summed E-state index contributed by atoms with van der Waals surface area (Å²) < 4.78 is 24.8. The van der Waals surface area contributed by atoms with Gasteiger partial charge < -0.3 is 25.0 Å². The Kier molecular flexibility index (Phi) is 8.59. The molecule has 0 aliphatic heterocycles. The lowest BCUT2D eigenvalue weighted by atomic mass is 10.0. The Labute approximate surface area is 198 Å². The van der Waals surface area contributed by atoms with E-state index in [4.69, 9.17) is 9.47 Å². The van der Waals surface area contributed by atoms with E-state index in [-0.39, 0.29) is 30.0 Å². The minimum absolute atomic E-state index is 0.0631. The van der Waals surface area contributed by atoms with E-state index in [0.717, 1.165) is 11.3 Å². The van der Waals surface area contributed by atoms with Gasteiger partial charge in [-0.2, -0.15) is 0 Å². The Morgan fingerprint density at radius 3 is 2.29 bits per heavy atom. The van der Waals surface area contributed by atoms with Crippen molar-refractivity contribution >= 4 is 17.5 Å². The van der Waals surface area contributed by atoms with E-state index >= 15 is 0 Å². The molecule has 1 atom stereocenters. The van der Waals surface area contributed by atoms with Crippen LogP contribution >= 0.6 is 0 Å². The zero-order chi connectivity index (χ0) is 24.5. The number of ether oxygens (including phenoxy) is 2. The van der Waals surface area contributed by atoms with Gasteiger partial charge in [-0.15, -0.1) is 0 Å². The van der Waals surface area contributed by atoms with Crippen LogP contribution in [0.3, 0.4) is 0 Å². The SMILES string of the molecule is COc1ccccc1C(CNC(=O)c1ccccc1OCC(=O)Nc1ccccc1F)N(C)C. The van der Waals surface area contributed by atoms with E-state index in [0.29, 0.717) is 12.1 Å². The number of anilines is 1. The predicted octanol–water partition coefficient (Wildman–Crippen LogP) is 3.88. The number of carbonyl (C=O) groups is 2. The summed E-state index contributed by atoms with van der Waals surface area (Å²) >= 11 is 0. The molecule has 0 aliphatic rings. The maximum absolute atomic E-state index is 13.7. The minimum atomic E-state index is -0.541. The lowest BCUT2D eigenvalue weighted by Gasteiger charge is -2.26. The highest BCUT2D eigenvalue weighted by Crippen LogP contribution is 2.27. The molecule has 8 heteroatoms. The number of methoxy groups -OCH3 is 1. The van der Waals surface area contributed by atoms with Gasteiger partial charge in [-0.25, -0.2) is 4.39 Å². The lowest BCUT2D eigenvalue weighted by molar-refractivity contribution is -0.118. The topological polar surface area (TPSA) is 79.9 Å². The molecule has 2 N–H and O–H groups in total. The first-order valence-corrected chi connectivity index (χ1v) is 10.7. The van der Waals surface area contributed by atoms with Gasteiger partial charge in [-0.3, -0.25) is 9.59 Å². The standard InChI is InChI=1S/C26H28FN3O4/c1-30(2)22(18-10-4-8-14-23(18)33-3)16-28-26(32)19-11-5-9-15-24(19)34-17-25(31)29-21-13-7-6-12-20(21)27/h4-15,22H,16-17H2,1-3H3,(H,28,32)(H,29,31). The van der Waals surface area contributed by atoms with Gasteiger partial charge in [0.1, 0.15) is 17.3 Å². The summed E-state index contributed by atoms with van der Waals surface area (Å²) in [4.78, 5) is 27.2. The maximum Gasteiger partial charge on any atom is 0.262 e. The van der Waals surface area contributed by atoms with E-state index in [2.05, 4.69) is 10.6 Å². The number of hydrogen-bond donors (Lipinski definition) is 2. The molecule has 0 heterocycles. The number of para-hydroxylation sites is 3. The van der Waals surface area contributed by atoms with Gasteiger partial charge in [0.05, 0.1) is 24.4 Å². The Hall–Kier alpha value is -3.91. The zero-order valence-electron chi connectivity index (χ0n) is 19.4. The molecule has 0 fully saturated rings. The molecule has 1 unspecified atom stereocenters. The molecular weight excluding hydrogens is 437 g/mol. The van der Waals surface area contributed by atoms with Crippen molar-refractivity contribution in [2.45, 2.75) is 6.04 Å². The molecule has 7 nitrogen and oxygen atoms in total. The van der Waals surface area contributed by atoms with Crippen LogP contribution in [0.1, 0.15) is 22.0 Å². The fourth-order valence-electron chi connectivity index (χ4n) is 3.47. The molecule has 2 amide bonds. The summed E-state index contributed by atoms with van der Waals surface area (Å²) in [7, 11) is 5.46. The van der Waals surface area contributed by atoms with Gasteiger partial charge in [-0.1, -0.05) is 42.5 Å². The number of benzene rings is 3. The van der Waals surface area contributed by atoms with Crippen molar-refractivity contribution in [3.05, 3.63) is 89.7 Å². The number of carbonyl (C=O) groups excluding carboxylic acids is 2. The number of hydrogen-bond acceptors (Lipinski definition) is 5. The number of nitrogens with one attached hydrogen (secondary N) is 2. The average molecular weight is 466 g/mol. The zero-order valence-corrected chi connectivity index (χ0v) is 19.4. The predicted molar refractivity (Wildman–Crippen MR) is 129 cm³/mol. The molecule has 178 valence electrons. The van der Waals surface area contributed by atoms with Crippen LogP contribution < -0.4 is 20.1 Å². The number of rotatable bonds is 10. The third kappa shape index (κ3) is 6.32. The van der Waals surface area contributed by atoms with Gasteiger partial charge in [0, 0.05) is 12.1 Å². The van der Waals surface area contributed by atoms with Crippen molar-refractivity contribution in [3.63, 3.8) is 0 Å². The molecule has 3 rings (SSSR count). The van der Waals surface area contributed by atoms with E-state index in [1.807, 2.05) is 43.3 Å². The van der Waals surface area contributed by atoms with Gasteiger partial charge >= 0.3 is 0 Å². The fraction of sp³-hybridized carbons (Fsp3) is 0.231. The van der Waals surface area contributed by atoms with Crippen LogP contribution in [0, 0.1) is 5.82 Å². The molecule has 0 aromatic heterocycles. The summed E-state index contributed by atoms with van der Waals surface area (Å²) in [5, 5.41) is 5.39. The second kappa shape index (κ2) is 11.8. The monoisotopic (exact) mass is 465 g/mol. The molecule has 0 saturated carbocycles. The largest absolute Gasteiger partial charge is 0.496 e. The summed E-state index contributed by atoms with van der Waals surface area (Å²) in [5.74, 6) is -0.431. The van der Waals surface area contributed by atoms with Crippen molar-refractivity contribution < 1.29 is 23.5 Å². The third-order valence-corrected chi connectivity index (χ3v) is 5.22. The van der Waals surface area contributed by atoms with E-state index in [1.54, 1.807) is 37.4 Å². The van der Waals surface area contributed by atoms with E-state index < -0.39 is 11.7 Å². The lowest BCUT2D eigenvalue weighted by Crippen LogP contribution is -2.35. The summed E-state index contributed by atoms with van der Waals surface area (Å²) in [6, 6.07) is 20.0. The molecule has 34 heavy (non-hydrogen) atoms. The van der Waals surface area contributed by atoms with Crippen LogP contribution in [0.4, 0.5) is 10.1 Å². The highest BCUT2D eigenvalue weighted by molar-refractivity contribution is 5.97. The number of nitrogens with zero attached hydrogens (tertiary/aromatic N) is 1. The van der Waals surface area contributed by atoms with Crippen LogP contribution in [0.2, 0.25) is 0 Å². The number of halogens is 1. The van der Waals surface area contributed by atoms with Crippen molar-refractivity contribution in [1.29, 1.82) is 0 Å². The molecule has 0 aliphatic carbocycles. The Morgan fingerprint density at radius 2 is 1.59 bits per heavy atom. The molecule has 0 saturated heterocycles. The smallest absolute Gasteiger partial charge is 0.262 e. The number of amides is 2. The highest BCUT2D eigenvalue weighted by atomic mass is 19.1. The molecule has 0 spiro atoms. The van der Waals surface area contributed by atoms with Crippen LogP contribution in [0.5, 0.6) is 11.5 Å². The Morgan fingerprint density at radius 1 is 0.941 bits per heavy atom. The molecular formula is C26H28FN3O4. The van der Waals surface area contributed by atoms with Gasteiger partial charge in [-0.05, 0) is 44.4 Å². The fourth-order valence-corrected chi connectivity index (χ4v) is 3.47. The first kappa shape index (κ1) is 24.7. The van der Waals surface area contributed by atoms with Crippen LogP contribution in [-0.4, -0.2) is 51.1 Å². The summed E-state index contributed by atoms with van der Waals surface area (Å²) in [5.41, 5.74) is 1.30. The van der Waals surface area contributed by atoms with Crippen molar-refractivity contribution in [2.75, 3.05) is 39.7 Å². The molecule has 0 radical (unpaired) electrons. The first-order valence-electron chi connectivity index (χ1n) is 10.7. The Bertz CT molecular complexity index is 1140. The second-order valence-corrected chi connectivity index (χ2v) is 7.74. The molecule has 3 aromatic rings. The van der Waals surface area contributed by atoms with Crippen molar-refractivity contribution in [1.82, 2.24) is 10.2 Å². The third-order valence-electron chi connectivity index (χ3n) is 5.22. The normalized spacial score (nSPS) is 11.6. The quantitative estimate of drug-likeness (QED) is 0.475. The molecule has 3 aromatic carbocycles. The molecule has 0 bridgehead atoms. The maximum atomic E-state index is 13.7. The van der Waals surface area contributed by atoms with Gasteiger partial charge in [0.2, 0.25) is 0 Å². The average Bonchev–Trinajstić information content (AvgIpc) is 2.84. The van der Waals surface area contributed by atoms with Crippen LogP contribution in [-0.2, 0) is 4.79 Å². The van der Waals surface area contributed by atoms with E-state index in [9.17, 15) is 14.0 Å². The summed E-state index contributed by atoms with van der Waals surface area (Å²) in [6.45, 7) is -0.0471. The second-order valence-electron chi connectivity index (χ2n) is 7.74. The number of likely N-dealkylation sites (N-methyl/N-ethyl adjacent to an activating group) is 1. The summed E-state index contributed by atoms with van der Waals surface area (Å²) in [6.07, 6.45) is 0. The Balaban J connectivity index is 1.65. The van der Waals surface area contributed by atoms with Crippen LogP contribution in [0.25, 0.3) is 0 Å². The van der Waals surface area contributed by atoms with Gasteiger partial charge in [0.15, 0.2) is 6.61 Å². The minimum Gasteiger partial charge on any atom is -0.496 e. The van der Waals surface area contributed by atoms with Crippen molar-refractivity contribution in [3.8, 4) is 11.5 Å². The highest BCUT2D eigenvalue weighted by Gasteiger charge is 2.21. The van der Waals surface area contributed by atoms with E-state index in [1.165, 1.54) is 18.2 Å². The van der Waals surface area contributed by atoms with Crippen molar-refractivity contribution in [2.24, 2.45) is 0 Å².